The molecule has 0 atom stereocenters. The number of nitrogens with two attached hydrogens (primary N) is 1. The van der Waals surface area contributed by atoms with E-state index in [-0.39, 0.29) is 5.75 Å². The lowest BCUT2D eigenvalue weighted by Gasteiger charge is -2.26. The lowest BCUT2D eigenvalue weighted by molar-refractivity contribution is 0.299. The predicted molar refractivity (Wildman–Crippen MR) is 140 cm³/mol. The van der Waals surface area contributed by atoms with Crippen LogP contribution in [-0.2, 0) is 23.1 Å². The smallest absolute Gasteiger partial charge is 0.215 e. The van der Waals surface area contributed by atoms with E-state index >= 15 is 0 Å². The molecule has 2 aliphatic rings. The number of benzene rings is 2. The van der Waals surface area contributed by atoms with Gasteiger partial charge >= 0.3 is 0 Å². The van der Waals surface area contributed by atoms with Gasteiger partial charge in [-0.2, -0.15) is 4.31 Å². The van der Waals surface area contributed by atoms with E-state index in [4.69, 9.17) is 10.7 Å². The maximum absolute atomic E-state index is 13.0. The van der Waals surface area contributed by atoms with Gasteiger partial charge < -0.3 is 10.7 Å². The first kappa shape index (κ1) is 22.8. The van der Waals surface area contributed by atoms with Gasteiger partial charge in [-0.05, 0) is 35.3 Å². The summed E-state index contributed by atoms with van der Waals surface area (Å²) in [6.45, 7) is 2.87. The highest BCUT2D eigenvalue weighted by Crippen LogP contribution is 2.28. The molecular formula is C26H27N7O2S. The number of hydrogen-bond donors (Lipinski definition) is 2. The van der Waals surface area contributed by atoms with Gasteiger partial charge in [0, 0.05) is 32.7 Å². The normalized spacial score (nSPS) is 16.8. The van der Waals surface area contributed by atoms with Crippen LogP contribution >= 0.6 is 0 Å². The number of aromatic amines is 1. The Bertz CT molecular complexity index is 1520. The van der Waals surface area contributed by atoms with E-state index in [2.05, 4.69) is 32.0 Å². The Hall–Kier alpha value is -3.60. The van der Waals surface area contributed by atoms with Crippen LogP contribution in [0.1, 0.15) is 23.2 Å². The summed E-state index contributed by atoms with van der Waals surface area (Å²) < 4.78 is 27.6. The molecule has 0 amide bonds. The van der Waals surface area contributed by atoms with Crippen LogP contribution in [0.15, 0.2) is 60.8 Å². The molecule has 2 aromatic heterocycles. The average molecular weight is 502 g/mol. The van der Waals surface area contributed by atoms with Crippen molar-refractivity contribution in [3.05, 3.63) is 77.6 Å². The summed E-state index contributed by atoms with van der Waals surface area (Å²) >= 11 is 0. The molecule has 9 nitrogen and oxygen atoms in total. The summed E-state index contributed by atoms with van der Waals surface area (Å²) in [5.74, 6) is 0.970. The van der Waals surface area contributed by atoms with E-state index in [9.17, 15) is 8.42 Å². The van der Waals surface area contributed by atoms with Crippen LogP contribution < -0.4 is 5.73 Å². The topological polar surface area (TPSA) is 121 Å². The Morgan fingerprint density at radius 3 is 2.47 bits per heavy atom. The second-order valence-electron chi connectivity index (χ2n) is 9.22. The zero-order chi connectivity index (χ0) is 24.7. The molecule has 4 heterocycles. The third-order valence-electron chi connectivity index (χ3n) is 6.88. The van der Waals surface area contributed by atoms with E-state index in [0.717, 1.165) is 29.7 Å². The number of rotatable bonds is 6. The fourth-order valence-electron chi connectivity index (χ4n) is 4.86. The molecule has 4 aromatic rings. The van der Waals surface area contributed by atoms with Gasteiger partial charge in [-0.3, -0.25) is 4.90 Å². The van der Waals surface area contributed by atoms with Crippen LogP contribution in [0.3, 0.4) is 0 Å². The number of imidazole rings is 1. The molecule has 2 aromatic carbocycles. The van der Waals surface area contributed by atoms with Crippen molar-refractivity contribution >= 4 is 32.4 Å². The summed E-state index contributed by atoms with van der Waals surface area (Å²) in [6.07, 6.45) is 4.13. The Labute approximate surface area is 209 Å². The monoisotopic (exact) mass is 501 g/mol. The van der Waals surface area contributed by atoms with Crippen LogP contribution in [0.4, 0.5) is 5.82 Å². The summed E-state index contributed by atoms with van der Waals surface area (Å²) in [5, 5.41) is 0. The zero-order valence-corrected chi connectivity index (χ0v) is 20.6. The molecule has 0 bridgehead atoms. The molecule has 6 rings (SSSR count). The molecule has 184 valence electrons. The second kappa shape index (κ2) is 9.12. The van der Waals surface area contributed by atoms with E-state index in [1.807, 2.05) is 42.5 Å². The van der Waals surface area contributed by atoms with Crippen LogP contribution in [0.5, 0.6) is 0 Å². The number of nitrogen functional groups attached to an aromatic ring is 1. The van der Waals surface area contributed by atoms with E-state index in [1.165, 1.54) is 11.1 Å². The van der Waals surface area contributed by atoms with Gasteiger partial charge in [0.1, 0.15) is 5.69 Å². The Morgan fingerprint density at radius 2 is 1.75 bits per heavy atom. The van der Waals surface area contributed by atoms with Gasteiger partial charge in [0.15, 0.2) is 11.6 Å². The summed E-state index contributed by atoms with van der Waals surface area (Å²) in [5.41, 5.74) is 12.6. The molecule has 0 unspecified atom stereocenters. The molecule has 0 spiro atoms. The Kier molecular flexibility index (Phi) is 5.79. The molecular weight excluding hydrogens is 474 g/mol. The number of nitrogens with zero attached hydrogens (tertiary/aromatic N) is 5. The van der Waals surface area contributed by atoms with Crippen molar-refractivity contribution in [2.45, 2.75) is 19.5 Å². The number of nitrogens with one attached hydrogen (secondary N) is 1. The minimum absolute atomic E-state index is 0.113. The highest BCUT2D eigenvalue weighted by molar-refractivity contribution is 7.89. The lowest BCUT2D eigenvalue weighted by atomic mass is 10.1. The number of sulfonamides is 1. The van der Waals surface area contributed by atoms with Gasteiger partial charge in [0.25, 0.3) is 0 Å². The number of hydrogen-bond acceptors (Lipinski definition) is 7. The third kappa shape index (κ3) is 4.39. The summed E-state index contributed by atoms with van der Waals surface area (Å²) in [6, 6.07) is 16.0. The maximum atomic E-state index is 13.0. The van der Waals surface area contributed by atoms with E-state index in [1.54, 1.807) is 10.5 Å². The number of anilines is 1. The van der Waals surface area contributed by atoms with Crippen molar-refractivity contribution in [2.75, 3.05) is 31.1 Å². The highest BCUT2D eigenvalue weighted by atomic mass is 32.2. The Morgan fingerprint density at radius 1 is 1.00 bits per heavy atom. The molecule has 0 fully saturated rings. The highest BCUT2D eigenvalue weighted by Gasteiger charge is 2.27. The number of fused-ring (bicyclic) bond motifs is 2. The second-order valence-corrected chi connectivity index (χ2v) is 11.3. The lowest BCUT2D eigenvalue weighted by Crippen LogP contribution is -2.39. The first-order valence-electron chi connectivity index (χ1n) is 12.0. The minimum Gasteiger partial charge on any atom is -0.382 e. The molecule has 0 radical (unpaired) electrons. The minimum atomic E-state index is -3.36. The van der Waals surface area contributed by atoms with Crippen molar-refractivity contribution in [1.29, 1.82) is 0 Å². The molecule has 0 saturated carbocycles. The molecule has 0 aliphatic carbocycles. The van der Waals surface area contributed by atoms with Gasteiger partial charge in [-0.15, -0.1) is 0 Å². The standard InChI is InChI=1S/C26H27N7O2S/c27-25-24(26-30-21-7-3-4-8-22(21)31-26)29-23(15-28-25)18-9-11-33(12-10-18)36(34,35)14-13-32-16-19-5-1-2-6-20(19)17-32/h1-9,15H,10-14,16-17H2,(H2,27,28)(H,30,31). The quantitative estimate of drug-likeness (QED) is 0.416. The first-order valence-corrected chi connectivity index (χ1v) is 13.6. The van der Waals surface area contributed by atoms with Crippen LogP contribution in [0.2, 0.25) is 0 Å². The molecule has 36 heavy (non-hydrogen) atoms. The van der Waals surface area contributed by atoms with Crippen molar-refractivity contribution in [2.24, 2.45) is 0 Å². The average Bonchev–Trinajstić information content (AvgIpc) is 3.52. The SMILES string of the molecule is Nc1ncc(C2=CCN(S(=O)(=O)CCN3Cc4ccccc4C3)CC2)nc1-c1nc2ccccc2[nH]1. The Balaban J connectivity index is 1.14. The number of H-pyrrole nitrogens is 1. The zero-order valence-electron chi connectivity index (χ0n) is 19.8. The number of para-hydroxylation sites is 2. The van der Waals surface area contributed by atoms with Crippen LogP contribution in [0, 0.1) is 0 Å². The molecule has 3 N–H and O–H groups in total. The van der Waals surface area contributed by atoms with E-state index in [0.29, 0.717) is 49.1 Å². The number of aromatic nitrogens is 4. The van der Waals surface area contributed by atoms with Crippen LogP contribution in [-0.4, -0.2) is 62.9 Å². The van der Waals surface area contributed by atoms with Gasteiger partial charge in [-0.1, -0.05) is 42.5 Å². The molecule has 0 saturated heterocycles. The van der Waals surface area contributed by atoms with Gasteiger partial charge in [0.05, 0.1) is 28.7 Å². The van der Waals surface area contributed by atoms with Crippen molar-refractivity contribution < 1.29 is 8.42 Å². The fourth-order valence-corrected chi connectivity index (χ4v) is 6.28. The van der Waals surface area contributed by atoms with Gasteiger partial charge in [-0.25, -0.2) is 23.4 Å². The van der Waals surface area contributed by atoms with Crippen LogP contribution in [0.25, 0.3) is 28.1 Å². The third-order valence-corrected chi connectivity index (χ3v) is 8.70. The largest absolute Gasteiger partial charge is 0.382 e. The first-order chi connectivity index (χ1) is 17.5. The van der Waals surface area contributed by atoms with Crippen molar-refractivity contribution in [3.63, 3.8) is 0 Å². The van der Waals surface area contributed by atoms with Crippen molar-refractivity contribution in [1.82, 2.24) is 29.1 Å². The maximum Gasteiger partial charge on any atom is 0.215 e. The predicted octanol–water partition coefficient (Wildman–Crippen LogP) is 3.04. The molecule has 10 heteroatoms. The molecule has 2 aliphatic heterocycles. The van der Waals surface area contributed by atoms with Gasteiger partial charge in [0.2, 0.25) is 10.0 Å². The van der Waals surface area contributed by atoms with Crippen molar-refractivity contribution in [3.8, 4) is 11.5 Å². The summed E-state index contributed by atoms with van der Waals surface area (Å²) in [7, 11) is -3.36. The fraction of sp³-hybridized carbons (Fsp3) is 0.269. The van der Waals surface area contributed by atoms with E-state index < -0.39 is 10.0 Å². The summed E-state index contributed by atoms with van der Waals surface area (Å²) in [4.78, 5) is 19.1.